The summed E-state index contributed by atoms with van der Waals surface area (Å²) in [7, 11) is 0. The zero-order valence-corrected chi connectivity index (χ0v) is 18.5. The molecule has 5 nitrogen and oxygen atoms in total. The van der Waals surface area contributed by atoms with Gasteiger partial charge in [-0.25, -0.2) is 0 Å². The lowest BCUT2D eigenvalue weighted by Crippen LogP contribution is -1.96. The number of aromatic hydroxyl groups is 1. The van der Waals surface area contributed by atoms with Crippen LogP contribution in [-0.4, -0.2) is 15.3 Å². The van der Waals surface area contributed by atoms with Crippen molar-refractivity contribution in [2.75, 3.05) is 0 Å². The maximum atomic E-state index is 10.6. The molecule has 8 heteroatoms. The third kappa shape index (κ3) is 4.56. The predicted molar refractivity (Wildman–Crippen MR) is 121 cm³/mol. The summed E-state index contributed by atoms with van der Waals surface area (Å²) in [6.07, 6.45) is 1.56. The van der Waals surface area contributed by atoms with Gasteiger partial charge in [-0.3, -0.25) is 5.10 Å². The summed E-state index contributed by atoms with van der Waals surface area (Å²) in [5, 5.41) is 18.4. The van der Waals surface area contributed by atoms with Crippen LogP contribution in [0.25, 0.3) is 11.3 Å². The van der Waals surface area contributed by atoms with Crippen LogP contribution in [0.1, 0.15) is 5.56 Å². The van der Waals surface area contributed by atoms with Crippen LogP contribution in [0.5, 0.6) is 23.0 Å². The summed E-state index contributed by atoms with van der Waals surface area (Å²) < 4.78 is 12.5. The third-order valence-electron chi connectivity index (χ3n) is 4.29. The Balaban J connectivity index is 1.52. The van der Waals surface area contributed by atoms with Gasteiger partial charge >= 0.3 is 0 Å². The van der Waals surface area contributed by atoms with E-state index in [2.05, 4.69) is 26.1 Å². The monoisotopic (exact) mass is 504 g/mol. The van der Waals surface area contributed by atoms with Crippen LogP contribution in [0, 0.1) is 0 Å². The van der Waals surface area contributed by atoms with E-state index >= 15 is 0 Å². The van der Waals surface area contributed by atoms with E-state index in [1.807, 2.05) is 30.3 Å². The number of para-hydroxylation sites is 1. The van der Waals surface area contributed by atoms with Crippen molar-refractivity contribution in [1.82, 2.24) is 10.2 Å². The minimum atomic E-state index is 0.0304. The molecule has 0 radical (unpaired) electrons. The van der Waals surface area contributed by atoms with Gasteiger partial charge in [-0.05, 0) is 57.9 Å². The molecule has 0 unspecified atom stereocenters. The molecule has 4 rings (SSSR count). The molecule has 0 aliphatic carbocycles. The maximum absolute atomic E-state index is 10.6. The van der Waals surface area contributed by atoms with Crippen molar-refractivity contribution in [2.24, 2.45) is 0 Å². The van der Waals surface area contributed by atoms with Gasteiger partial charge in [0.1, 0.15) is 29.5 Å². The molecule has 0 spiro atoms. The van der Waals surface area contributed by atoms with E-state index in [-0.39, 0.29) is 12.4 Å². The number of aromatic nitrogens is 2. The van der Waals surface area contributed by atoms with Crippen molar-refractivity contribution in [3.05, 3.63) is 86.9 Å². The van der Waals surface area contributed by atoms with Crippen LogP contribution in [-0.2, 0) is 6.61 Å². The molecular weight excluding hydrogens is 491 g/mol. The lowest BCUT2D eigenvalue weighted by Gasteiger charge is -2.11. The van der Waals surface area contributed by atoms with Crippen molar-refractivity contribution in [3.8, 4) is 34.3 Å². The quantitative estimate of drug-likeness (QED) is 0.290. The fourth-order valence-corrected chi connectivity index (χ4v) is 3.49. The third-order valence-corrected chi connectivity index (χ3v) is 5.68. The number of H-pyrrole nitrogens is 1. The van der Waals surface area contributed by atoms with Crippen molar-refractivity contribution in [2.45, 2.75) is 6.61 Å². The molecule has 4 aromatic rings. The van der Waals surface area contributed by atoms with E-state index in [1.165, 1.54) is 6.07 Å². The summed E-state index contributed by atoms with van der Waals surface area (Å²) in [6.45, 7) is 0.288. The summed E-state index contributed by atoms with van der Waals surface area (Å²) in [6, 6.07) is 17.8. The molecule has 30 heavy (non-hydrogen) atoms. The lowest BCUT2D eigenvalue weighted by molar-refractivity contribution is 0.304. The Kier molecular flexibility index (Phi) is 6.18. The Morgan fingerprint density at radius 2 is 1.80 bits per heavy atom. The molecule has 1 heterocycles. The first kappa shape index (κ1) is 20.6. The molecule has 0 atom stereocenters. The number of phenols is 1. The maximum Gasteiger partial charge on any atom is 0.173 e. The van der Waals surface area contributed by atoms with Crippen LogP contribution >= 0.6 is 39.1 Å². The highest BCUT2D eigenvalue weighted by atomic mass is 79.9. The second-order valence-electron chi connectivity index (χ2n) is 6.36. The molecule has 0 fully saturated rings. The Labute approximate surface area is 191 Å². The number of hydrogen-bond donors (Lipinski definition) is 2. The summed E-state index contributed by atoms with van der Waals surface area (Å²) >= 11 is 15.4. The number of hydrogen-bond acceptors (Lipinski definition) is 4. The summed E-state index contributed by atoms with van der Waals surface area (Å²) in [4.78, 5) is 0. The molecular formula is C22H15BrCl2N2O3. The molecule has 0 aliphatic heterocycles. The van der Waals surface area contributed by atoms with Crippen LogP contribution in [0.3, 0.4) is 0 Å². The first-order valence-corrected chi connectivity index (χ1v) is 10.4. The Morgan fingerprint density at radius 3 is 2.57 bits per heavy atom. The number of benzene rings is 3. The SMILES string of the molecule is Oc1cc(OCc2ccc(Cl)c(Cl)c2)ccc1-c1[nH]ncc1Oc1ccccc1Br. The van der Waals surface area contributed by atoms with Gasteiger partial charge in [0.15, 0.2) is 5.75 Å². The van der Waals surface area contributed by atoms with Gasteiger partial charge in [-0.2, -0.15) is 5.10 Å². The normalized spacial score (nSPS) is 10.8. The fourth-order valence-electron chi connectivity index (χ4n) is 2.80. The van der Waals surface area contributed by atoms with E-state index in [4.69, 9.17) is 32.7 Å². The molecule has 2 N–H and O–H groups in total. The van der Waals surface area contributed by atoms with Gasteiger partial charge in [-0.15, -0.1) is 0 Å². The van der Waals surface area contributed by atoms with E-state index in [9.17, 15) is 5.11 Å². The van der Waals surface area contributed by atoms with Crippen LogP contribution in [0.15, 0.2) is 71.3 Å². The summed E-state index contributed by atoms with van der Waals surface area (Å²) in [5.74, 6) is 1.67. The Hall–Kier alpha value is -2.67. The number of aromatic amines is 1. The van der Waals surface area contributed by atoms with Crippen molar-refractivity contribution < 1.29 is 14.6 Å². The minimum Gasteiger partial charge on any atom is -0.507 e. The largest absolute Gasteiger partial charge is 0.507 e. The van der Waals surface area contributed by atoms with Gasteiger partial charge in [0.2, 0.25) is 0 Å². The topological polar surface area (TPSA) is 67.4 Å². The minimum absolute atomic E-state index is 0.0304. The van der Waals surface area contributed by atoms with E-state index in [0.717, 1.165) is 10.0 Å². The molecule has 1 aromatic heterocycles. The standard InChI is InChI=1S/C22H15BrCl2N2O3/c23-16-3-1-2-4-20(16)30-21-11-26-27-22(21)15-7-6-14(10-19(15)28)29-12-13-5-8-17(24)18(25)9-13/h1-11,28H,12H2,(H,26,27). The van der Waals surface area contributed by atoms with Crippen LogP contribution in [0.4, 0.5) is 0 Å². The zero-order valence-electron chi connectivity index (χ0n) is 15.4. The van der Waals surface area contributed by atoms with Crippen molar-refractivity contribution in [1.29, 1.82) is 0 Å². The average molecular weight is 506 g/mol. The van der Waals surface area contributed by atoms with Crippen molar-refractivity contribution in [3.63, 3.8) is 0 Å². The molecule has 0 bridgehead atoms. The fraction of sp³-hybridized carbons (Fsp3) is 0.0455. The number of ether oxygens (including phenoxy) is 2. The summed E-state index contributed by atoms with van der Waals surface area (Å²) in [5.41, 5.74) is 1.96. The second-order valence-corrected chi connectivity index (χ2v) is 8.03. The molecule has 0 saturated carbocycles. The first-order chi connectivity index (χ1) is 14.5. The molecule has 3 aromatic carbocycles. The molecule has 0 saturated heterocycles. The number of halogens is 3. The molecule has 0 aliphatic rings. The molecule has 152 valence electrons. The highest BCUT2D eigenvalue weighted by molar-refractivity contribution is 9.10. The lowest BCUT2D eigenvalue weighted by atomic mass is 10.1. The Morgan fingerprint density at radius 1 is 0.967 bits per heavy atom. The van der Waals surface area contributed by atoms with Gasteiger partial charge < -0.3 is 14.6 Å². The highest BCUT2D eigenvalue weighted by Gasteiger charge is 2.15. The van der Waals surface area contributed by atoms with Crippen LogP contribution < -0.4 is 9.47 Å². The van der Waals surface area contributed by atoms with Gasteiger partial charge in [-0.1, -0.05) is 41.4 Å². The van der Waals surface area contributed by atoms with E-state index in [1.54, 1.807) is 30.5 Å². The highest BCUT2D eigenvalue weighted by Crippen LogP contribution is 2.39. The Bertz CT molecular complexity index is 1200. The van der Waals surface area contributed by atoms with E-state index < -0.39 is 0 Å². The van der Waals surface area contributed by atoms with Crippen LogP contribution in [0.2, 0.25) is 10.0 Å². The molecule has 0 amide bonds. The van der Waals surface area contributed by atoms with Gasteiger partial charge in [0.05, 0.1) is 20.7 Å². The number of phenolic OH excluding ortho intramolecular Hbond substituents is 1. The first-order valence-electron chi connectivity index (χ1n) is 8.87. The van der Waals surface area contributed by atoms with E-state index in [0.29, 0.717) is 38.6 Å². The zero-order chi connectivity index (χ0) is 21.1. The van der Waals surface area contributed by atoms with Crippen molar-refractivity contribution >= 4 is 39.1 Å². The average Bonchev–Trinajstić information content (AvgIpc) is 3.18. The van der Waals surface area contributed by atoms with Gasteiger partial charge in [0.25, 0.3) is 0 Å². The number of nitrogens with zero attached hydrogens (tertiary/aromatic N) is 1. The number of rotatable bonds is 6. The second kappa shape index (κ2) is 9.00. The number of nitrogens with one attached hydrogen (secondary N) is 1. The predicted octanol–water partition coefficient (Wildman–Crippen LogP) is 7.22. The van der Waals surface area contributed by atoms with Gasteiger partial charge in [0, 0.05) is 11.6 Å². The smallest absolute Gasteiger partial charge is 0.173 e.